The average Bonchev–Trinajstić information content (AvgIpc) is 2.66. The molecule has 0 aliphatic carbocycles. The molecule has 0 fully saturated rings. The first kappa shape index (κ1) is 19.9. The van der Waals surface area contributed by atoms with Gasteiger partial charge < -0.3 is 15.5 Å². The van der Waals surface area contributed by atoms with Crippen molar-refractivity contribution < 1.29 is 9.59 Å². The lowest BCUT2D eigenvalue weighted by atomic mass is 10.1. The van der Waals surface area contributed by atoms with Crippen LogP contribution in [0.5, 0.6) is 0 Å². The molecule has 0 saturated heterocycles. The van der Waals surface area contributed by atoms with E-state index in [0.29, 0.717) is 42.3 Å². The third-order valence-electron chi connectivity index (χ3n) is 3.97. The Bertz CT molecular complexity index is 750. The fourth-order valence-corrected chi connectivity index (χ4v) is 2.73. The van der Waals surface area contributed by atoms with Crippen LogP contribution in [0.2, 0.25) is 5.02 Å². The fraction of sp³-hybridized carbons (Fsp3) is 0.300. The van der Waals surface area contributed by atoms with Crippen molar-refractivity contribution in [3.63, 3.8) is 0 Å². The SMILES string of the molecule is CCN(Cc1ccccc1)C(=O)c1cc(NC(=O)CCNC)ccc1Cl. The predicted octanol–water partition coefficient (Wildman–Crippen LogP) is 3.55. The van der Waals surface area contributed by atoms with E-state index < -0.39 is 0 Å². The molecular weight excluding hydrogens is 350 g/mol. The van der Waals surface area contributed by atoms with E-state index >= 15 is 0 Å². The molecule has 0 unspecified atom stereocenters. The lowest BCUT2D eigenvalue weighted by molar-refractivity contribution is -0.116. The van der Waals surface area contributed by atoms with E-state index in [-0.39, 0.29) is 11.8 Å². The van der Waals surface area contributed by atoms with Crippen molar-refractivity contribution in [1.82, 2.24) is 10.2 Å². The summed E-state index contributed by atoms with van der Waals surface area (Å²) < 4.78 is 0. The van der Waals surface area contributed by atoms with E-state index in [9.17, 15) is 9.59 Å². The quantitative estimate of drug-likeness (QED) is 0.743. The molecule has 0 aliphatic rings. The summed E-state index contributed by atoms with van der Waals surface area (Å²) in [4.78, 5) is 26.5. The van der Waals surface area contributed by atoms with Gasteiger partial charge in [-0.1, -0.05) is 41.9 Å². The Kier molecular flexibility index (Phi) is 7.63. The van der Waals surface area contributed by atoms with Crippen LogP contribution in [-0.4, -0.2) is 36.9 Å². The number of anilines is 1. The van der Waals surface area contributed by atoms with Gasteiger partial charge in [-0.05, 0) is 37.7 Å². The van der Waals surface area contributed by atoms with Gasteiger partial charge in [0.25, 0.3) is 5.91 Å². The zero-order chi connectivity index (χ0) is 18.9. The van der Waals surface area contributed by atoms with Crippen LogP contribution in [-0.2, 0) is 11.3 Å². The highest BCUT2D eigenvalue weighted by molar-refractivity contribution is 6.34. The van der Waals surface area contributed by atoms with Crippen molar-refractivity contribution in [3.05, 3.63) is 64.7 Å². The highest BCUT2D eigenvalue weighted by atomic mass is 35.5. The molecule has 0 radical (unpaired) electrons. The Labute approximate surface area is 159 Å². The summed E-state index contributed by atoms with van der Waals surface area (Å²) >= 11 is 6.25. The largest absolute Gasteiger partial charge is 0.335 e. The molecule has 0 heterocycles. The topological polar surface area (TPSA) is 61.4 Å². The van der Waals surface area contributed by atoms with Gasteiger partial charge in [-0.3, -0.25) is 9.59 Å². The highest BCUT2D eigenvalue weighted by Crippen LogP contribution is 2.23. The molecule has 2 aromatic carbocycles. The van der Waals surface area contributed by atoms with Crippen molar-refractivity contribution in [3.8, 4) is 0 Å². The van der Waals surface area contributed by atoms with Crippen LogP contribution < -0.4 is 10.6 Å². The fourth-order valence-electron chi connectivity index (χ4n) is 2.53. The van der Waals surface area contributed by atoms with E-state index in [4.69, 9.17) is 11.6 Å². The molecule has 0 atom stereocenters. The number of rotatable bonds is 8. The van der Waals surface area contributed by atoms with Crippen LogP contribution in [0.25, 0.3) is 0 Å². The summed E-state index contributed by atoms with van der Waals surface area (Å²) in [7, 11) is 1.79. The molecule has 0 aliphatic heterocycles. The number of benzene rings is 2. The lowest BCUT2D eigenvalue weighted by Crippen LogP contribution is -2.30. The molecule has 6 heteroatoms. The summed E-state index contributed by atoms with van der Waals surface area (Å²) in [5.41, 5.74) is 2.00. The first-order valence-electron chi connectivity index (χ1n) is 8.62. The van der Waals surface area contributed by atoms with Gasteiger partial charge in [0.1, 0.15) is 0 Å². The van der Waals surface area contributed by atoms with Crippen LogP contribution in [0.3, 0.4) is 0 Å². The van der Waals surface area contributed by atoms with E-state index in [1.54, 1.807) is 30.1 Å². The first-order chi connectivity index (χ1) is 12.5. The summed E-state index contributed by atoms with van der Waals surface area (Å²) in [5.74, 6) is -0.274. The molecule has 26 heavy (non-hydrogen) atoms. The summed E-state index contributed by atoms with van der Waals surface area (Å²) in [6.45, 7) is 3.58. The minimum absolute atomic E-state index is 0.114. The van der Waals surface area contributed by atoms with Gasteiger partial charge in [-0.2, -0.15) is 0 Å². The Morgan fingerprint density at radius 1 is 1.12 bits per heavy atom. The second kappa shape index (κ2) is 9.94. The second-order valence-electron chi connectivity index (χ2n) is 5.90. The molecule has 5 nitrogen and oxygen atoms in total. The van der Waals surface area contributed by atoms with E-state index in [1.165, 1.54) is 0 Å². The number of nitrogens with one attached hydrogen (secondary N) is 2. The molecule has 2 N–H and O–H groups in total. The summed E-state index contributed by atoms with van der Waals surface area (Å²) in [6, 6.07) is 14.8. The number of hydrogen-bond acceptors (Lipinski definition) is 3. The van der Waals surface area contributed by atoms with Crippen molar-refractivity contribution in [2.45, 2.75) is 19.9 Å². The third kappa shape index (κ3) is 5.58. The Morgan fingerprint density at radius 3 is 2.50 bits per heavy atom. The number of nitrogens with zero attached hydrogens (tertiary/aromatic N) is 1. The average molecular weight is 374 g/mol. The number of carbonyl (C=O) groups excluding carboxylic acids is 2. The predicted molar refractivity (Wildman–Crippen MR) is 105 cm³/mol. The summed E-state index contributed by atoms with van der Waals surface area (Å²) in [5, 5.41) is 6.09. The zero-order valence-corrected chi connectivity index (χ0v) is 15.8. The third-order valence-corrected chi connectivity index (χ3v) is 4.30. The normalized spacial score (nSPS) is 10.4. The van der Waals surface area contributed by atoms with Crippen LogP contribution in [0.1, 0.15) is 29.3 Å². The maximum absolute atomic E-state index is 12.9. The van der Waals surface area contributed by atoms with Crippen molar-refractivity contribution in [2.75, 3.05) is 25.5 Å². The van der Waals surface area contributed by atoms with Crippen molar-refractivity contribution in [2.24, 2.45) is 0 Å². The molecule has 0 bridgehead atoms. The monoisotopic (exact) mass is 373 g/mol. The standard InChI is InChI=1S/C20H24ClN3O2/c1-3-24(14-15-7-5-4-6-8-15)20(26)17-13-16(9-10-18(17)21)23-19(25)11-12-22-2/h4-10,13,22H,3,11-12,14H2,1-2H3,(H,23,25). The van der Waals surface area contributed by atoms with Gasteiger partial charge in [0.15, 0.2) is 0 Å². The van der Waals surface area contributed by atoms with Crippen molar-refractivity contribution in [1.29, 1.82) is 0 Å². The van der Waals surface area contributed by atoms with E-state index in [2.05, 4.69) is 10.6 Å². The van der Waals surface area contributed by atoms with E-state index in [0.717, 1.165) is 5.56 Å². The van der Waals surface area contributed by atoms with Gasteiger partial charge in [-0.15, -0.1) is 0 Å². The molecule has 138 valence electrons. The Hall–Kier alpha value is -2.37. The van der Waals surface area contributed by atoms with Crippen molar-refractivity contribution >= 4 is 29.1 Å². The van der Waals surface area contributed by atoms with Gasteiger partial charge >= 0.3 is 0 Å². The Morgan fingerprint density at radius 2 is 1.85 bits per heavy atom. The smallest absolute Gasteiger partial charge is 0.255 e. The number of amides is 2. The Balaban J connectivity index is 2.15. The van der Waals surface area contributed by atoms with Crippen LogP contribution in [0.15, 0.2) is 48.5 Å². The van der Waals surface area contributed by atoms with Gasteiger partial charge in [-0.25, -0.2) is 0 Å². The maximum atomic E-state index is 12.9. The minimum Gasteiger partial charge on any atom is -0.335 e. The molecule has 0 spiro atoms. The zero-order valence-electron chi connectivity index (χ0n) is 15.1. The molecule has 2 aromatic rings. The lowest BCUT2D eigenvalue weighted by Gasteiger charge is -2.22. The molecular formula is C20H24ClN3O2. The van der Waals surface area contributed by atoms with Crippen LogP contribution >= 0.6 is 11.6 Å². The van der Waals surface area contributed by atoms with Crippen LogP contribution in [0.4, 0.5) is 5.69 Å². The maximum Gasteiger partial charge on any atom is 0.255 e. The van der Waals surface area contributed by atoms with Gasteiger partial charge in [0, 0.05) is 31.7 Å². The molecule has 2 rings (SSSR count). The first-order valence-corrected chi connectivity index (χ1v) is 9.00. The number of hydrogen-bond donors (Lipinski definition) is 2. The summed E-state index contributed by atoms with van der Waals surface area (Å²) in [6.07, 6.45) is 0.359. The minimum atomic E-state index is -0.160. The molecule has 0 aromatic heterocycles. The second-order valence-corrected chi connectivity index (χ2v) is 6.31. The highest BCUT2D eigenvalue weighted by Gasteiger charge is 2.18. The van der Waals surface area contributed by atoms with Gasteiger partial charge in [0.05, 0.1) is 10.6 Å². The molecule has 0 saturated carbocycles. The van der Waals surface area contributed by atoms with E-state index in [1.807, 2.05) is 37.3 Å². The number of carbonyl (C=O) groups is 2. The van der Waals surface area contributed by atoms with Gasteiger partial charge in [0.2, 0.25) is 5.91 Å². The number of halogens is 1. The van der Waals surface area contributed by atoms with Crippen LogP contribution in [0, 0.1) is 0 Å². The molecule has 2 amide bonds.